The largest absolute Gasteiger partial charge is 0.494 e. The van der Waals surface area contributed by atoms with Gasteiger partial charge in [0.25, 0.3) is 0 Å². The average Bonchev–Trinajstić information content (AvgIpc) is 2.54. The molecule has 2 nitrogen and oxygen atoms in total. The molecule has 0 amide bonds. The number of hydrogen-bond acceptors (Lipinski definition) is 2. The normalized spacial score (nSPS) is 11.9. The molecule has 0 heterocycles. The van der Waals surface area contributed by atoms with Gasteiger partial charge in [-0.3, -0.25) is 0 Å². The maximum Gasteiger partial charge on any atom is 0.113 e. The smallest absolute Gasteiger partial charge is 0.113 e. The van der Waals surface area contributed by atoms with Gasteiger partial charge in [0.15, 0.2) is 0 Å². The zero-order valence-electron chi connectivity index (χ0n) is 12.5. The molecular weight excluding hydrogens is 260 g/mol. The first kappa shape index (κ1) is 15.3. The minimum atomic E-state index is 0.178. The van der Waals surface area contributed by atoms with Gasteiger partial charge in [-0.2, -0.15) is 0 Å². The SMILES string of the molecule is C=C(OCc1ccccc1)C(C)COCc1ccccc1. The second-order valence-corrected chi connectivity index (χ2v) is 5.14. The highest BCUT2D eigenvalue weighted by Gasteiger charge is 2.08. The molecule has 110 valence electrons. The van der Waals surface area contributed by atoms with Crippen molar-refractivity contribution in [2.75, 3.05) is 6.61 Å². The second kappa shape index (κ2) is 8.28. The summed E-state index contributed by atoms with van der Waals surface area (Å²) in [7, 11) is 0. The van der Waals surface area contributed by atoms with Gasteiger partial charge in [-0.1, -0.05) is 74.2 Å². The van der Waals surface area contributed by atoms with Crippen LogP contribution in [0.1, 0.15) is 18.1 Å². The van der Waals surface area contributed by atoms with Gasteiger partial charge in [-0.15, -0.1) is 0 Å². The minimum Gasteiger partial charge on any atom is -0.494 e. The molecular formula is C19H22O2. The predicted octanol–water partition coefficient (Wildman–Crippen LogP) is 4.57. The van der Waals surface area contributed by atoms with Crippen LogP contribution in [0.3, 0.4) is 0 Å². The third kappa shape index (κ3) is 5.44. The molecule has 1 unspecified atom stereocenters. The molecule has 0 aromatic heterocycles. The first-order chi connectivity index (χ1) is 10.3. The van der Waals surface area contributed by atoms with Crippen molar-refractivity contribution in [3.05, 3.63) is 84.1 Å². The summed E-state index contributed by atoms with van der Waals surface area (Å²) >= 11 is 0. The lowest BCUT2D eigenvalue weighted by molar-refractivity contribution is 0.0729. The van der Waals surface area contributed by atoms with Gasteiger partial charge in [0, 0.05) is 5.92 Å². The van der Waals surface area contributed by atoms with E-state index in [1.54, 1.807) is 0 Å². The van der Waals surface area contributed by atoms with Crippen molar-refractivity contribution >= 4 is 0 Å². The van der Waals surface area contributed by atoms with Crippen molar-refractivity contribution < 1.29 is 9.47 Å². The predicted molar refractivity (Wildman–Crippen MR) is 85.6 cm³/mol. The average molecular weight is 282 g/mol. The van der Waals surface area contributed by atoms with Crippen LogP contribution in [0.25, 0.3) is 0 Å². The number of hydrogen-bond donors (Lipinski definition) is 0. The van der Waals surface area contributed by atoms with Crippen molar-refractivity contribution in [3.8, 4) is 0 Å². The highest BCUT2D eigenvalue weighted by atomic mass is 16.5. The molecule has 21 heavy (non-hydrogen) atoms. The summed E-state index contributed by atoms with van der Waals surface area (Å²) in [6, 6.07) is 20.3. The zero-order chi connectivity index (χ0) is 14.9. The number of ether oxygens (including phenoxy) is 2. The molecule has 0 aliphatic carbocycles. The van der Waals surface area contributed by atoms with Gasteiger partial charge in [0.05, 0.1) is 19.0 Å². The molecule has 0 fully saturated rings. The summed E-state index contributed by atoms with van der Waals surface area (Å²) < 4.78 is 11.4. The van der Waals surface area contributed by atoms with Crippen LogP contribution >= 0.6 is 0 Å². The van der Waals surface area contributed by atoms with Crippen LogP contribution in [0.5, 0.6) is 0 Å². The molecule has 2 aromatic carbocycles. The fraction of sp³-hybridized carbons (Fsp3) is 0.263. The van der Waals surface area contributed by atoms with Gasteiger partial charge >= 0.3 is 0 Å². The fourth-order valence-electron chi connectivity index (χ4n) is 1.91. The Morgan fingerprint density at radius 1 is 0.905 bits per heavy atom. The lowest BCUT2D eigenvalue weighted by Crippen LogP contribution is -2.10. The van der Waals surface area contributed by atoms with Crippen molar-refractivity contribution in [2.45, 2.75) is 20.1 Å². The monoisotopic (exact) mass is 282 g/mol. The van der Waals surface area contributed by atoms with Gasteiger partial charge < -0.3 is 9.47 Å². The molecule has 0 radical (unpaired) electrons. The van der Waals surface area contributed by atoms with Gasteiger partial charge in [-0.05, 0) is 11.1 Å². The zero-order valence-corrected chi connectivity index (χ0v) is 12.5. The summed E-state index contributed by atoms with van der Waals surface area (Å²) in [5, 5.41) is 0. The quantitative estimate of drug-likeness (QED) is 0.660. The van der Waals surface area contributed by atoms with Crippen molar-refractivity contribution in [1.29, 1.82) is 0 Å². The van der Waals surface area contributed by atoms with Gasteiger partial charge in [0.2, 0.25) is 0 Å². The van der Waals surface area contributed by atoms with E-state index in [2.05, 4.69) is 25.6 Å². The van der Waals surface area contributed by atoms with E-state index in [9.17, 15) is 0 Å². The highest BCUT2D eigenvalue weighted by Crippen LogP contribution is 2.14. The Kier molecular flexibility index (Phi) is 6.04. The molecule has 1 atom stereocenters. The van der Waals surface area contributed by atoms with Crippen LogP contribution in [0.15, 0.2) is 73.0 Å². The lowest BCUT2D eigenvalue weighted by Gasteiger charge is -2.16. The first-order valence-electron chi connectivity index (χ1n) is 7.23. The standard InChI is InChI=1S/C19H22O2/c1-16(13-20-14-18-9-5-3-6-10-18)17(2)21-15-19-11-7-4-8-12-19/h3-12,16H,2,13-15H2,1H3. The Balaban J connectivity index is 1.68. The molecule has 0 bridgehead atoms. The van der Waals surface area contributed by atoms with E-state index in [-0.39, 0.29) is 5.92 Å². The maximum absolute atomic E-state index is 5.72. The molecule has 0 aliphatic heterocycles. The van der Waals surface area contributed by atoms with E-state index >= 15 is 0 Å². The third-order valence-corrected chi connectivity index (χ3v) is 3.30. The van der Waals surface area contributed by atoms with Crippen LogP contribution in [-0.2, 0) is 22.7 Å². The fourth-order valence-corrected chi connectivity index (χ4v) is 1.91. The molecule has 2 heteroatoms. The molecule has 0 aliphatic rings. The Morgan fingerprint density at radius 2 is 1.43 bits per heavy atom. The van der Waals surface area contributed by atoms with Crippen LogP contribution in [-0.4, -0.2) is 6.61 Å². The molecule has 0 saturated heterocycles. The van der Waals surface area contributed by atoms with E-state index < -0.39 is 0 Å². The lowest BCUT2D eigenvalue weighted by atomic mass is 10.1. The van der Waals surface area contributed by atoms with Crippen LogP contribution < -0.4 is 0 Å². The summed E-state index contributed by atoms with van der Waals surface area (Å²) in [5.74, 6) is 0.948. The van der Waals surface area contributed by atoms with E-state index in [0.717, 1.165) is 11.3 Å². The summed E-state index contributed by atoms with van der Waals surface area (Å²) in [6.45, 7) is 7.85. The molecule has 0 N–H and O–H groups in total. The molecule has 0 saturated carbocycles. The topological polar surface area (TPSA) is 18.5 Å². The van der Waals surface area contributed by atoms with Crippen molar-refractivity contribution in [2.24, 2.45) is 5.92 Å². The minimum absolute atomic E-state index is 0.178. The van der Waals surface area contributed by atoms with E-state index in [4.69, 9.17) is 9.47 Å². The van der Waals surface area contributed by atoms with Crippen molar-refractivity contribution in [3.63, 3.8) is 0 Å². The van der Waals surface area contributed by atoms with E-state index in [1.165, 1.54) is 5.56 Å². The summed E-state index contributed by atoms with van der Waals surface area (Å²) in [5.41, 5.74) is 2.33. The van der Waals surface area contributed by atoms with Crippen LogP contribution in [0.4, 0.5) is 0 Å². The van der Waals surface area contributed by atoms with Gasteiger partial charge in [0.1, 0.15) is 6.61 Å². The summed E-state index contributed by atoms with van der Waals surface area (Å²) in [4.78, 5) is 0. The van der Waals surface area contributed by atoms with Crippen LogP contribution in [0, 0.1) is 5.92 Å². The van der Waals surface area contributed by atoms with Gasteiger partial charge in [-0.25, -0.2) is 0 Å². The number of rotatable bonds is 8. The number of benzene rings is 2. The Bertz CT molecular complexity index is 534. The molecule has 2 rings (SSSR count). The first-order valence-corrected chi connectivity index (χ1v) is 7.23. The third-order valence-electron chi connectivity index (χ3n) is 3.30. The van der Waals surface area contributed by atoms with E-state index in [1.807, 2.05) is 48.5 Å². The van der Waals surface area contributed by atoms with E-state index in [0.29, 0.717) is 19.8 Å². The maximum atomic E-state index is 5.72. The Labute approximate surface area is 127 Å². The Morgan fingerprint density at radius 3 is 2.00 bits per heavy atom. The molecule has 0 spiro atoms. The Hall–Kier alpha value is -2.06. The molecule has 2 aromatic rings. The van der Waals surface area contributed by atoms with Crippen molar-refractivity contribution in [1.82, 2.24) is 0 Å². The second-order valence-electron chi connectivity index (χ2n) is 5.14. The highest BCUT2D eigenvalue weighted by molar-refractivity contribution is 5.14. The summed E-state index contributed by atoms with van der Waals surface area (Å²) in [6.07, 6.45) is 0. The van der Waals surface area contributed by atoms with Crippen LogP contribution in [0.2, 0.25) is 0 Å².